The molecule has 0 atom stereocenters. The van der Waals surface area contributed by atoms with Crippen LogP contribution in [0.15, 0.2) is 11.3 Å². The number of hydrogen-bond donors (Lipinski definition) is 1. The van der Waals surface area contributed by atoms with Gasteiger partial charge in [0.2, 0.25) is 0 Å². The second-order valence-corrected chi connectivity index (χ2v) is 5.15. The van der Waals surface area contributed by atoms with Crippen LogP contribution in [0.1, 0.15) is 13.3 Å². The third-order valence-corrected chi connectivity index (χ3v) is 3.72. The molecule has 1 saturated heterocycles. The molecule has 2 aliphatic rings. The molecule has 0 saturated carbocycles. The highest BCUT2D eigenvalue weighted by atomic mass is 16.5. The van der Waals surface area contributed by atoms with E-state index in [1.165, 1.54) is 0 Å². The fourth-order valence-corrected chi connectivity index (χ4v) is 2.53. The summed E-state index contributed by atoms with van der Waals surface area (Å²) in [6, 6.07) is 0. The summed E-state index contributed by atoms with van der Waals surface area (Å²) in [4.78, 5) is 27.6. The van der Waals surface area contributed by atoms with Gasteiger partial charge in [-0.05, 0) is 13.3 Å². The van der Waals surface area contributed by atoms with E-state index in [0.717, 1.165) is 39.3 Å². The van der Waals surface area contributed by atoms with Crippen LogP contribution < -0.4 is 5.73 Å². The van der Waals surface area contributed by atoms with Crippen LogP contribution in [0.3, 0.4) is 0 Å². The summed E-state index contributed by atoms with van der Waals surface area (Å²) in [5.74, 6) is -0.751. The second kappa shape index (κ2) is 7.42. The molecular formula is C14H23N3O4. The van der Waals surface area contributed by atoms with E-state index in [1.54, 1.807) is 11.8 Å². The Kier molecular flexibility index (Phi) is 5.58. The van der Waals surface area contributed by atoms with Gasteiger partial charge in [-0.2, -0.15) is 0 Å². The summed E-state index contributed by atoms with van der Waals surface area (Å²) in [5.41, 5.74) is 6.03. The fourth-order valence-electron chi connectivity index (χ4n) is 2.53. The first kappa shape index (κ1) is 15.8. The van der Waals surface area contributed by atoms with Crippen LogP contribution in [0.5, 0.6) is 0 Å². The molecule has 1 amide bonds. The maximum absolute atomic E-state index is 12.0. The lowest BCUT2D eigenvalue weighted by atomic mass is 10.2. The smallest absolute Gasteiger partial charge is 0.338 e. The Morgan fingerprint density at radius 1 is 1.33 bits per heavy atom. The summed E-state index contributed by atoms with van der Waals surface area (Å²) < 4.78 is 10.2. The summed E-state index contributed by atoms with van der Waals surface area (Å²) in [7, 11) is 0. The van der Waals surface area contributed by atoms with Crippen molar-refractivity contribution in [2.75, 3.05) is 52.5 Å². The monoisotopic (exact) mass is 297 g/mol. The average molecular weight is 297 g/mol. The quantitative estimate of drug-likeness (QED) is 0.654. The first-order chi connectivity index (χ1) is 10.1. The number of carbonyl (C=O) groups is 2. The van der Waals surface area contributed by atoms with Gasteiger partial charge in [0.05, 0.1) is 31.9 Å². The van der Waals surface area contributed by atoms with Crippen molar-refractivity contribution in [1.29, 1.82) is 0 Å². The number of ether oxygens (including phenoxy) is 2. The standard InChI is InChI=1S/C14H23N3O4/c1-2-21-14(19)11-10-17(13(18)12(11)15)5-3-4-16-6-8-20-9-7-16/h2-10,15H2,1H3. The molecule has 2 N–H and O–H groups in total. The third-order valence-electron chi connectivity index (χ3n) is 3.72. The highest BCUT2D eigenvalue weighted by molar-refractivity contribution is 6.06. The highest BCUT2D eigenvalue weighted by Gasteiger charge is 2.32. The molecule has 0 aliphatic carbocycles. The van der Waals surface area contributed by atoms with Gasteiger partial charge in [-0.25, -0.2) is 4.79 Å². The summed E-state index contributed by atoms with van der Waals surface area (Å²) in [6.45, 7) is 7.18. The van der Waals surface area contributed by atoms with Crippen LogP contribution >= 0.6 is 0 Å². The molecule has 7 heteroatoms. The Hall–Kier alpha value is -1.60. The SMILES string of the molecule is CCOC(=O)C1=C(N)C(=O)N(CCCN2CCOCC2)C1. The number of nitrogens with zero attached hydrogens (tertiary/aromatic N) is 2. The zero-order valence-corrected chi connectivity index (χ0v) is 12.5. The molecule has 0 radical (unpaired) electrons. The Morgan fingerprint density at radius 2 is 2.05 bits per heavy atom. The lowest BCUT2D eigenvalue weighted by Crippen LogP contribution is -2.38. The highest BCUT2D eigenvalue weighted by Crippen LogP contribution is 2.17. The van der Waals surface area contributed by atoms with Gasteiger partial charge in [0.25, 0.3) is 5.91 Å². The molecule has 118 valence electrons. The maximum atomic E-state index is 12.0. The van der Waals surface area contributed by atoms with E-state index >= 15 is 0 Å². The predicted octanol–water partition coefficient (Wildman–Crippen LogP) is -0.673. The van der Waals surface area contributed by atoms with Crippen LogP contribution in [-0.4, -0.2) is 74.2 Å². The van der Waals surface area contributed by atoms with Crippen LogP contribution in [-0.2, 0) is 19.1 Å². The van der Waals surface area contributed by atoms with Gasteiger partial charge >= 0.3 is 5.97 Å². The number of carbonyl (C=O) groups excluding carboxylic acids is 2. The van der Waals surface area contributed by atoms with E-state index in [0.29, 0.717) is 6.54 Å². The number of morpholine rings is 1. The summed E-state index contributed by atoms with van der Waals surface area (Å²) in [5, 5.41) is 0. The van der Waals surface area contributed by atoms with Gasteiger partial charge in [0.15, 0.2) is 0 Å². The molecule has 0 unspecified atom stereocenters. The first-order valence-electron chi connectivity index (χ1n) is 7.38. The third kappa shape index (κ3) is 3.95. The van der Waals surface area contributed by atoms with E-state index in [1.807, 2.05) is 0 Å². The fraction of sp³-hybridized carbons (Fsp3) is 0.714. The van der Waals surface area contributed by atoms with E-state index in [2.05, 4.69) is 4.90 Å². The Bertz CT molecular complexity index is 430. The molecule has 0 aromatic carbocycles. The van der Waals surface area contributed by atoms with Crippen LogP contribution in [0.4, 0.5) is 0 Å². The van der Waals surface area contributed by atoms with E-state index in [4.69, 9.17) is 15.2 Å². The number of hydrogen-bond acceptors (Lipinski definition) is 6. The molecular weight excluding hydrogens is 274 g/mol. The van der Waals surface area contributed by atoms with Crippen LogP contribution in [0, 0.1) is 0 Å². The number of esters is 1. The molecule has 0 aromatic rings. The topological polar surface area (TPSA) is 85.1 Å². The molecule has 7 nitrogen and oxygen atoms in total. The minimum atomic E-state index is -0.487. The number of amides is 1. The van der Waals surface area contributed by atoms with Gasteiger partial charge in [0, 0.05) is 26.2 Å². The van der Waals surface area contributed by atoms with Gasteiger partial charge in [-0.1, -0.05) is 0 Å². The molecule has 2 heterocycles. The average Bonchev–Trinajstić information content (AvgIpc) is 2.77. The van der Waals surface area contributed by atoms with Crippen LogP contribution in [0.2, 0.25) is 0 Å². The van der Waals surface area contributed by atoms with Crippen molar-refractivity contribution in [3.63, 3.8) is 0 Å². The second-order valence-electron chi connectivity index (χ2n) is 5.15. The van der Waals surface area contributed by atoms with Gasteiger partial charge in [0.1, 0.15) is 5.70 Å². The van der Waals surface area contributed by atoms with Crippen LogP contribution in [0.25, 0.3) is 0 Å². The van der Waals surface area contributed by atoms with Crippen molar-refractivity contribution in [3.8, 4) is 0 Å². The van der Waals surface area contributed by atoms with Crippen molar-refractivity contribution < 1.29 is 19.1 Å². The molecule has 0 spiro atoms. The summed E-state index contributed by atoms with van der Waals surface area (Å²) in [6.07, 6.45) is 0.856. The van der Waals surface area contributed by atoms with Gasteiger partial charge in [-0.3, -0.25) is 9.69 Å². The Balaban J connectivity index is 1.78. The van der Waals surface area contributed by atoms with Crippen molar-refractivity contribution in [3.05, 3.63) is 11.3 Å². The number of rotatable bonds is 6. The number of nitrogens with two attached hydrogens (primary N) is 1. The first-order valence-corrected chi connectivity index (χ1v) is 7.38. The molecule has 2 aliphatic heterocycles. The molecule has 21 heavy (non-hydrogen) atoms. The largest absolute Gasteiger partial charge is 0.463 e. The van der Waals surface area contributed by atoms with Gasteiger partial charge < -0.3 is 20.1 Å². The zero-order chi connectivity index (χ0) is 15.2. The zero-order valence-electron chi connectivity index (χ0n) is 12.5. The lowest BCUT2D eigenvalue weighted by Gasteiger charge is -2.27. The lowest BCUT2D eigenvalue weighted by molar-refractivity contribution is -0.138. The van der Waals surface area contributed by atoms with Crippen molar-refractivity contribution >= 4 is 11.9 Å². The van der Waals surface area contributed by atoms with E-state index < -0.39 is 5.97 Å². The van der Waals surface area contributed by atoms with Gasteiger partial charge in [-0.15, -0.1) is 0 Å². The van der Waals surface area contributed by atoms with Crippen molar-refractivity contribution in [2.45, 2.75) is 13.3 Å². The maximum Gasteiger partial charge on any atom is 0.338 e. The summed E-state index contributed by atoms with van der Waals surface area (Å²) >= 11 is 0. The molecule has 0 aromatic heterocycles. The Morgan fingerprint density at radius 3 is 2.71 bits per heavy atom. The molecule has 0 bridgehead atoms. The molecule has 2 rings (SSSR count). The van der Waals surface area contributed by atoms with E-state index in [9.17, 15) is 9.59 Å². The Labute approximate surface area is 124 Å². The predicted molar refractivity (Wildman–Crippen MR) is 76.3 cm³/mol. The minimum Gasteiger partial charge on any atom is -0.463 e. The van der Waals surface area contributed by atoms with E-state index in [-0.39, 0.29) is 30.3 Å². The molecule has 1 fully saturated rings. The minimum absolute atomic E-state index is 0.0276. The van der Waals surface area contributed by atoms with Crippen molar-refractivity contribution in [1.82, 2.24) is 9.80 Å². The normalized spacial score (nSPS) is 20.2. The van der Waals surface area contributed by atoms with Crippen molar-refractivity contribution in [2.24, 2.45) is 5.73 Å².